The van der Waals surface area contributed by atoms with Gasteiger partial charge in [0.1, 0.15) is 28.0 Å². The maximum absolute atomic E-state index is 12.2. The Labute approximate surface area is 313 Å². The Hall–Kier alpha value is -4.17. The summed E-state index contributed by atoms with van der Waals surface area (Å²) in [5.74, 6) is 1.42. The number of ketones is 2. The Kier molecular flexibility index (Phi) is 23.5. The van der Waals surface area contributed by atoms with Crippen molar-refractivity contribution in [2.75, 3.05) is 32.8 Å². The van der Waals surface area contributed by atoms with Crippen LogP contribution in [0.1, 0.15) is 78.1 Å². The summed E-state index contributed by atoms with van der Waals surface area (Å²) in [4.78, 5) is 35.0. The number of amides is 1. The van der Waals surface area contributed by atoms with Crippen molar-refractivity contribution in [1.82, 2.24) is 0 Å². The van der Waals surface area contributed by atoms with Crippen LogP contribution in [0.4, 0.5) is 10.4 Å². The number of halogens is 1. The van der Waals surface area contributed by atoms with Gasteiger partial charge in [-0.25, -0.2) is 0 Å². The van der Waals surface area contributed by atoms with E-state index in [1.165, 1.54) is 18.2 Å². The molecule has 0 aromatic heterocycles. The van der Waals surface area contributed by atoms with Crippen molar-refractivity contribution in [3.8, 4) is 11.5 Å². The molecule has 11 nitrogen and oxygen atoms in total. The predicted molar refractivity (Wildman–Crippen MR) is 204 cm³/mol. The minimum absolute atomic E-state index is 0. The number of rotatable bonds is 24. The van der Waals surface area contributed by atoms with E-state index in [4.69, 9.17) is 18.9 Å². The summed E-state index contributed by atoms with van der Waals surface area (Å²) in [5.41, 5.74) is 0.0714. The first kappa shape index (κ1) is 46.9. The SMILES string of the molecule is COC(CCOc1ccccc1)C(CCCCCCCC(=O)Nc1ccccc1S(=O)(=O)O)C(C)=O.COC(CCOc1ccccc1)CC(C)=O.F. The van der Waals surface area contributed by atoms with Gasteiger partial charge in [-0.1, -0.05) is 74.2 Å². The van der Waals surface area contributed by atoms with E-state index in [9.17, 15) is 27.4 Å². The summed E-state index contributed by atoms with van der Waals surface area (Å²) in [6.45, 7) is 4.22. The summed E-state index contributed by atoms with van der Waals surface area (Å²) in [6, 6.07) is 24.9. The van der Waals surface area contributed by atoms with Gasteiger partial charge in [-0.3, -0.25) is 23.6 Å². The zero-order valence-corrected chi connectivity index (χ0v) is 32.1. The molecule has 13 heteroatoms. The molecule has 0 heterocycles. The second kappa shape index (κ2) is 26.6. The zero-order chi connectivity index (χ0) is 38.2. The van der Waals surface area contributed by atoms with Gasteiger partial charge in [0, 0.05) is 45.8 Å². The fourth-order valence-electron chi connectivity index (χ4n) is 5.58. The first-order chi connectivity index (χ1) is 24.9. The van der Waals surface area contributed by atoms with Crippen LogP contribution in [-0.2, 0) is 34.0 Å². The number of carbonyl (C=O) groups excluding carboxylic acids is 3. The molecule has 0 spiro atoms. The van der Waals surface area contributed by atoms with Crippen molar-refractivity contribution in [1.29, 1.82) is 0 Å². The van der Waals surface area contributed by atoms with Gasteiger partial charge in [-0.15, -0.1) is 0 Å². The number of hydrogen-bond donors (Lipinski definition) is 2. The van der Waals surface area contributed by atoms with E-state index in [-0.39, 0.29) is 57.3 Å². The first-order valence-electron chi connectivity index (χ1n) is 17.7. The molecule has 3 unspecified atom stereocenters. The number of methoxy groups -OCH3 is 2. The van der Waals surface area contributed by atoms with Gasteiger partial charge < -0.3 is 24.3 Å². The largest absolute Gasteiger partial charge is 0.493 e. The molecule has 3 aromatic rings. The second-order valence-electron chi connectivity index (χ2n) is 12.5. The van der Waals surface area contributed by atoms with Crippen molar-refractivity contribution >= 4 is 33.3 Å². The Bertz CT molecular complexity index is 1570. The number of anilines is 1. The molecule has 0 bridgehead atoms. The third-order valence-electron chi connectivity index (χ3n) is 8.35. The highest BCUT2D eigenvalue weighted by Gasteiger charge is 2.25. The highest BCUT2D eigenvalue weighted by atomic mass is 32.2. The Balaban J connectivity index is 0.000000691. The fraction of sp³-hybridized carbons (Fsp3) is 0.475. The van der Waals surface area contributed by atoms with Crippen LogP contribution >= 0.6 is 0 Å². The van der Waals surface area contributed by atoms with Crippen molar-refractivity contribution in [3.63, 3.8) is 0 Å². The van der Waals surface area contributed by atoms with Crippen LogP contribution in [0.5, 0.6) is 11.5 Å². The minimum atomic E-state index is -4.41. The maximum atomic E-state index is 12.2. The number of nitrogens with one attached hydrogen (secondary N) is 1. The van der Waals surface area contributed by atoms with Crippen LogP contribution in [0.2, 0.25) is 0 Å². The van der Waals surface area contributed by atoms with Crippen molar-refractivity contribution in [3.05, 3.63) is 84.9 Å². The highest BCUT2D eigenvalue weighted by molar-refractivity contribution is 7.86. The Morgan fingerprint density at radius 2 is 1.23 bits per heavy atom. The number of ether oxygens (including phenoxy) is 4. The van der Waals surface area contributed by atoms with Gasteiger partial charge in [-0.05, 0) is 63.1 Å². The number of hydrogen-bond acceptors (Lipinski definition) is 9. The van der Waals surface area contributed by atoms with E-state index in [1.807, 2.05) is 60.7 Å². The molecule has 2 N–H and O–H groups in total. The number of benzene rings is 3. The van der Waals surface area contributed by atoms with Gasteiger partial charge in [-0.2, -0.15) is 8.42 Å². The van der Waals surface area contributed by atoms with Crippen LogP contribution < -0.4 is 14.8 Å². The van der Waals surface area contributed by atoms with Gasteiger partial charge >= 0.3 is 0 Å². The van der Waals surface area contributed by atoms with Crippen molar-refractivity contribution < 1.29 is 51.0 Å². The van der Waals surface area contributed by atoms with Crippen molar-refractivity contribution in [2.24, 2.45) is 5.92 Å². The molecule has 0 aliphatic heterocycles. The van der Waals surface area contributed by atoms with E-state index in [0.717, 1.165) is 50.0 Å². The summed E-state index contributed by atoms with van der Waals surface area (Å²) in [7, 11) is -1.16. The smallest absolute Gasteiger partial charge is 0.296 e. The molecule has 294 valence electrons. The summed E-state index contributed by atoms with van der Waals surface area (Å²) in [6.07, 6.45) is 6.83. The number of unbranched alkanes of at least 4 members (excludes halogenated alkanes) is 4. The lowest BCUT2D eigenvalue weighted by atomic mass is 9.90. The van der Waals surface area contributed by atoms with Crippen LogP contribution in [0, 0.1) is 5.92 Å². The average Bonchev–Trinajstić information content (AvgIpc) is 3.12. The average molecular weight is 762 g/mol. The summed E-state index contributed by atoms with van der Waals surface area (Å²) < 4.78 is 54.2. The molecule has 0 aliphatic rings. The predicted octanol–water partition coefficient (Wildman–Crippen LogP) is 7.89. The highest BCUT2D eigenvalue weighted by Crippen LogP contribution is 2.23. The molecular weight excluding hydrogens is 706 g/mol. The molecule has 3 rings (SSSR count). The molecule has 53 heavy (non-hydrogen) atoms. The Morgan fingerprint density at radius 3 is 1.75 bits per heavy atom. The van der Waals surface area contributed by atoms with E-state index >= 15 is 0 Å². The second-order valence-corrected chi connectivity index (χ2v) is 13.9. The zero-order valence-electron chi connectivity index (χ0n) is 31.2. The van der Waals surface area contributed by atoms with E-state index in [1.54, 1.807) is 34.1 Å². The van der Waals surface area contributed by atoms with Gasteiger partial charge in [0.2, 0.25) is 5.91 Å². The number of para-hydroxylation sites is 3. The molecule has 0 fully saturated rings. The number of Topliss-reactive ketones (excluding diaryl/α,β-unsaturated/α-hetero) is 2. The number of carbonyl (C=O) groups is 3. The minimum Gasteiger partial charge on any atom is -0.493 e. The fourth-order valence-corrected chi connectivity index (χ4v) is 6.23. The van der Waals surface area contributed by atoms with Crippen LogP contribution in [0.3, 0.4) is 0 Å². The van der Waals surface area contributed by atoms with Crippen LogP contribution in [0.15, 0.2) is 89.8 Å². The third kappa shape index (κ3) is 20.0. The molecule has 3 atom stereocenters. The summed E-state index contributed by atoms with van der Waals surface area (Å²) in [5, 5.41) is 2.55. The van der Waals surface area contributed by atoms with E-state index in [0.29, 0.717) is 32.5 Å². The monoisotopic (exact) mass is 761 g/mol. The van der Waals surface area contributed by atoms with E-state index in [2.05, 4.69) is 5.32 Å². The first-order valence-corrected chi connectivity index (χ1v) is 19.2. The lowest BCUT2D eigenvalue weighted by Crippen LogP contribution is -2.30. The Morgan fingerprint density at radius 1 is 0.698 bits per heavy atom. The molecule has 0 aliphatic carbocycles. The quantitative estimate of drug-likeness (QED) is 0.0680. The summed E-state index contributed by atoms with van der Waals surface area (Å²) >= 11 is 0. The molecule has 3 aromatic carbocycles. The van der Waals surface area contributed by atoms with Gasteiger partial charge in [0.05, 0.1) is 31.1 Å². The topological polar surface area (TPSA) is 155 Å². The van der Waals surface area contributed by atoms with Gasteiger partial charge in [0.15, 0.2) is 0 Å². The van der Waals surface area contributed by atoms with Crippen LogP contribution in [0.25, 0.3) is 0 Å². The lowest BCUT2D eigenvalue weighted by molar-refractivity contribution is -0.126. The standard InChI is InChI=1S/C27H37NO7S.C13H18O3.FH/c1-21(29)23(25(34-2)19-20-35-22-13-7-6-8-14-22)15-9-4-3-5-10-18-27(30)28-24-16-11-12-17-26(24)36(31,32)33;1-11(14)10-13(15-2)8-9-16-12-6-4-3-5-7-12;/h6-8,11-14,16-17,23,25H,3-5,9-10,15,18-20H2,1-2H3,(H,28,30)(H,31,32,33);3-7,13H,8-10H2,1-2H3;1H. The maximum Gasteiger partial charge on any atom is 0.296 e. The van der Waals surface area contributed by atoms with Crippen LogP contribution in [-0.4, -0.2) is 70.1 Å². The van der Waals surface area contributed by atoms with Crippen molar-refractivity contribution in [2.45, 2.75) is 95.2 Å². The normalized spacial score (nSPS) is 12.5. The third-order valence-corrected chi connectivity index (χ3v) is 9.26. The molecule has 0 radical (unpaired) electrons. The van der Waals surface area contributed by atoms with E-state index < -0.39 is 10.1 Å². The molecule has 1 amide bonds. The molecular formula is C40H56FNO10S. The lowest BCUT2D eigenvalue weighted by Gasteiger charge is -2.24. The molecule has 0 saturated heterocycles. The van der Waals surface area contributed by atoms with Gasteiger partial charge in [0.25, 0.3) is 10.1 Å². The molecule has 0 saturated carbocycles.